The van der Waals surface area contributed by atoms with Crippen LogP contribution in [0.25, 0.3) is 0 Å². The fraction of sp³-hybridized carbons (Fsp3) is 0.409. The third-order valence-electron chi connectivity index (χ3n) is 5.23. The molecular formula is C22H28N4O4. The Bertz CT molecular complexity index is 851. The quantitative estimate of drug-likeness (QED) is 0.677. The van der Waals surface area contributed by atoms with E-state index < -0.39 is 11.8 Å². The first-order chi connectivity index (χ1) is 14.6. The molecule has 0 saturated carbocycles. The molecule has 0 aliphatic carbocycles. The number of anilines is 1. The summed E-state index contributed by atoms with van der Waals surface area (Å²) in [6.45, 7) is 3.22. The van der Waals surface area contributed by atoms with Crippen molar-refractivity contribution < 1.29 is 19.1 Å². The Morgan fingerprint density at radius 2 is 1.90 bits per heavy atom. The van der Waals surface area contributed by atoms with Gasteiger partial charge in [0.15, 0.2) is 0 Å². The van der Waals surface area contributed by atoms with Gasteiger partial charge in [-0.3, -0.25) is 19.5 Å². The number of carbonyl (C=O) groups excluding carboxylic acids is 2. The maximum absolute atomic E-state index is 12.3. The first-order valence-corrected chi connectivity index (χ1v) is 10.0. The standard InChI is InChI=1S/C22H28N4O4/c1-29-18-6-7-20(30-2)19(13-18)25-22(28)21(27)24-14-16-8-11-26(12-9-16)15-17-5-3-4-10-23-17/h3-7,10,13,16H,8-9,11-12,14-15H2,1-2H3,(H,24,27)(H,25,28). The normalized spacial score (nSPS) is 14.7. The Morgan fingerprint density at radius 3 is 2.57 bits per heavy atom. The summed E-state index contributed by atoms with van der Waals surface area (Å²) in [7, 11) is 3.03. The monoisotopic (exact) mass is 412 g/mol. The van der Waals surface area contributed by atoms with Crippen molar-refractivity contribution in [3.8, 4) is 11.5 Å². The van der Waals surface area contributed by atoms with Crippen LogP contribution in [0.4, 0.5) is 5.69 Å². The van der Waals surface area contributed by atoms with Gasteiger partial charge in [0, 0.05) is 25.4 Å². The Hall–Kier alpha value is -3.13. The summed E-state index contributed by atoms with van der Waals surface area (Å²) in [5, 5.41) is 5.34. The highest BCUT2D eigenvalue weighted by molar-refractivity contribution is 6.39. The zero-order chi connectivity index (χ0) is 21.3. The third kappa shape index (κ3) is 5.93. The van der Waals surface area contributed by atoms with Gasteiger partial charge in [-0.05, 0) is 56.1 Å². The topological polar surface area (TPSA) is 92.8 Å². The van der Waals surface area contributed by atoms with Gasteiger partial charge in [0.05, 0.1) is 25.6 Å². The van der Waals surface area contributed by atoms with E-state index in [0.29, 0.717) is 29.6 Å². The van der Waals surface area contributed by atoms with Gasteiger partial charge in [0.2, 0.25) is 0 Å². The van der Waals surface area contributed by atoms with Gasteiger partial charge in [0.25, 0.3) is 0 Å². The minimum atomic E-state index is -0.728. The number of ether oxygens (including phenoxy) is 2. The van der Waals surface area contributed by atoms with Crippen LogP contribution in [0.15, 0.2) is 42.6 Å². The predicted molar refractivity (Wildman–Crippen MR) is 113 cm³/mol. The summed E-state index contributed by atoms with van der Waals surface area (Å²) in [4.78, 5) is 31.2. The van der Waals surface area contributed by atoms with Crippen molar-refractivity contribution in [2.24, 2.45) is 5.92 Å². The van der Waals surface area contributed by atoms with Crippen molar-refractivity contribution >= 4 is 17.5 Å². The molecule has 2 heterocycles. The molecule has 0 bridgehead atoms. The van der Waals surface area contributed by atoms with Crippen LogP contribution in [0.1, 0.15) is 18.5 Å². The maximum Gasteiger partial charge on any atom is 0.313 e. The fourth-order valence-corrected chi connectivity index (χ4v) is 3.48. The summed E-state index contributed by atoms with van der Waals surface area (Å²) in [6.07, 6.45) is 3.75. The molecule has 1 aromatic heterocycles. The second-order valence-electron chi connectivity index (χ2n) is 7.27. The van der Waals surface area contributed by atoms with Gasteiger partial charge in [0.1, 0.15) is 11.5 Å². The number of likely N-dealkylation sites (tertiary alicyclic amines) is 1. The molecule has 8 heteroatoms. The number of carbonyl (C=O) groups is 2. The number of hydrogen-bond donors (Lipinski definition) is 2. The largest absolute Gasteiger partial charge is 0.497 e. The SMILES string of the molecule is COc1ccc(OC)c(NC(=O)C(=O)NCC2CCN(Cc3ccccn3)CC2)c1. The summed E-state index contributed by atoms with van der Waals surface area (Å²) < 4.78 is 10.4. The molecule has 2 aromatic rings. The van der Waals surface area contributed by atoms with Gasteiger partial charge >= 0.3 is 11.8 Å². The molecule has 8 nitrogen and oxygen atoms in total. The zero-order valence-electron chi connectivity index (χ0n) is 17.4. The van der Waals surface area contributed by atoms with Crippen molar-refractivity contribution in [2.75, 3.05) is 39.2 Å². The Balaban J connectivity index is 1.43. The summed E-state index contributed by atoms with van der Waals surface area (Å²) >= 11 is 0. The zero-order valence-corrected chi connectivity index (χ0v) is 17.4. The first-order valence-electron chi connectivity index (χ1n) is 10.0. The Morgan fingerprint density at radius 1 is 1.10 bits per heavy atom. The number of pyridine rings is 1. The van der Waals surface area contributed by atoms with Crippen LogP contribution in [0.3, 0.4) is 0 Å². The van der Waals surface area contributed by atoms with E-state index in [1.54, 1.807) is 18.2 Å². The number of benzene rings is 1. The number of amides is 2. The molecule has 0 radical (unpaired) electrons. The minimum Gasteiger partial charge on any atom is -0.497 e. The van der Waals surface area contributed by atoms with Gasteiger partial charge in [-0.1, -0.05) is 6.07 Å². The van der Waals surface area contributed by atoms with E-state index >= 15 is 0 Å². The van der Waals surface area contributed by atoms with Crippen molar-refractivity contribution in [1.29, 1.82) is 0 Å². The minimum absolute atomic E-state index is 0.355. The second-order valence-corrected chi connectivity index (χ2v) is 7.27. The highest BCUT2D eigenvalue weighted by Gasteiger charge is 2.22. The van der Waals surface area contributed by atoms with E-state index in [9.17, 15) is 9.59 Å². The lowest BCUT2D eigenvalue weighted by Crippen LogP contribution is -2.41. The van der Waals surface area contributed by atoms with E-state index in [0.717, 1.165) is 38.2 Å². The maximum atomic E-state index is 12.3. The van der Waals surface area contributed by atoms with Crippen molar-refractivity contribution in [3.63, 3.8) is 0 Å². The number of methoxy groups -OCH3 is 2. The highest BCUT2D eigenvalue weighted by atomic mass is 16.5. The molecule has 0 atom stereocenters. The van der Waals surface area contributed by atoms with Crippen LogP contribution >= 0.6 is 0 Å². The summed E-state index contributed by atoms with van der Waals surface area (Å²) in [5.41, 5.74) is 1.45. The fourth-order valence-electron chi connectivity index (χ4n) is 3.48. The van der Waals surface area contributed by atoms with E-state index in [4.69, 9.17) is 9.47 Å². The number of hydrogen-bond acceptors (Lipinski definition) is 6. The lowest BCUT2D eigenvalue weighted by Gasteiger charge is -2.31. The van der Waals surface area contributed by atoms with E-state index in [2.05, 4.69) is 20.5 Å². The van der Waals surface area contributed by atoms with Gasteiger partial charge in [-0.25, -0.2) is 0 Å². The molecule has 1 aliphatic heterocycles. The van der Waals surface area contributed by atoms with Crippen molar-refractivity contribution in [2.45, 2.75) is 19.4 Å². The van der Waals surface area contributed by atoms with E-state index in [1.807, 2.05) is 24.4 Å². The Labute approximate surface area is 176 Å². The third-order valence-corrected chi connectivity index (χ3v) is 5.23. The molecular weight excluding hydrogens is 384 g/mol. The molecule has 2 amide bonds. The number of nitrogens with one attached hydrogen (secondary N) is 2. The lowest BCUT2D eigenvalue weighted by molar-refractivity contribution is -0.136. The van der Waals surface area contributed by atoms with Crippen LogP contribution < -0.4 is 20.1 Å². The van der Waals surface area contributed by atoms with Gasteiger partial charge < -0.3 is 20.1 Å². The number of aromatic nitrogens is 1. The molecule has 1 saturated heterocycles. The van der Waals surface area contributed by atoms with Crippen LogP contribution in [-0.4, -0.2) is 55.6 Å². The van der Waals surface area contributed by atoms with Crippen LogP contribution in [0.2, 0.25) is 0 Å². The van der Waals surface area contributed by atoms with Gasteiger partial charge in [-0.15, -0.1) is 0 Å². The summed E-state index contributed by atoms with van der Waals surface area (Å²) in [5.74, 6) is -0.0146. The average molecular weight is 412 g/mol. The molecule has 1 fully saturated rings. The second kappa shape index (κ2) is 10.6. The Kier molecular flexibility index (Phi) is 7.62. The van der Waals surface area contributed by atoms with Gasteiger partial charge in [-0.2, -0.15) is 0 Å². The molecule has 160 valence electrons. The van der Waals surface area contributed by atoms with Crippen LogP contribution in [-0.2, 0) is 16.1 Å². The molecule has 0 spiro atoms. The number of nitrogens with zero attached hydrogens (tertiary/aromatic N) is 2. The van der Waals surface area contributed by atoms with Crippen LogP contribution in [0.5, 0.6) is 11.5 Å². The van der Waals surface area contributed by atoms with Crippen LogP contribution in [0, 0.1) is 5.92 Å². The van der Waals surface area contributed by atoms with Crippen molar-refractivity contribution in [1.82, 2.24) is 15.2 Å². The lowest BCUT2D eigenvalue weighted by atomic mass is 9.96. The predicted octanol–water partition coefficient (Wildman–Crippen LogP) is 2.07. The molecule has 2 N–H and O–H groups in total. The van der Waals surface area contributed by atoms with E-state index in [1.165, 1.54) is 14.2 Å². The molecule has 3 rings (SSSR count). The number of piperidine rings is 1. The van der Waals surface area contributed by atoms with E-state index in [-0.39, 0.29) is 0 Å². The molecule has 30 heavy (non-hydrogen) atoms. The molecule has 0 unspecified atom stereocenters. The molecule has 1 aromatic carbocycles. The first kappa shape index (κ1) is 21.6. The summed E-state index contributed by atoms with van der Waals surface area (Å²) in [6, 6.07) is 10.9. The molecule has 1 aliphatic rings. The smallest absolute Gasteiger partial charge is 0.313 e. The number of rotatable bonds is 7. The highest BCUT2D eigenvalue weighted by Crippen LogP contribution is 2.28. The van der Waals surface area contributed by atoms with Crippen molar-refractivity contribution in [3.05, 3.63) is 48.3 Å². The average Bonchev–Trinajstić information content (AvgIpc) is 2.79.